The second kappa shape index (κ2) is 8.61. The lowest BCUT2D eigenvalue weighted by Gasteiger charge is -2.35. The van der Waals surface area contributed by atoms with Crippen LogP contribution in [0.1, 0.15) is 38.2 Å². The molecule has 0 radical (unpaired) electrons. The van der Waals surface area contributed by atoms with E-state index in [0.29, 0.717) is 26.2 Å². The highest BCUT2D eigenvalue weighted by molar-refractivity contribution is 7.86. The lowest BCUT2D eigenvalue weighted by atomic mass is 10.00. The predicted octanol–water partition coefficient (Wildman–Crippen LogP) is 1.17. The van der Waals surface area contributed by atoms with Gasteiger partial charge in [-0.05, 0) is 31.6 Å². The molecule has 156 valence electrons. The molecule has 3 aliphatic rings. The summed E-state index contributed by atoms with van der Waals surface area (Å²) < 4.78 is 28.6. The number of aromatic nitrogens is 2. The molecule has 8 nitrogen and oxygen atoms in total. The van der Waals surface area contributed by atoms with Crippen LogP contribution in [-0.4, -0.2) is 84.3 Å². The molecule has 0 bridgehead atoms. The smallest absolute Gasteiger partial charge is 0.282 e. The van der Waals surface area contributed by atoms with Crippen molar-refractivity contribution in [2.45, 2.75) is 39.2 Å². The van der Waals surface area contributed by atoms with Crippen LogP contribution in [0, 0.1) is 5.92 Å². The average molecular weight is 409 g/mol. The molecule has 1 aromatic heterocycles. The number of anilines is 1. The normalized spacial score (nSPS) is 24.1. The van der Waals surface area contributed by atoms with Crippen LogP contribution >= 0.6 is 0 Å². The van der Waals surface area contributed by atoms with Crippen molar-refractivity contribution in [2.24, 2.45) is 5.92 Å². The summed E-state index contributed by atoms with van der Waals surface area (Å²) in [6.07, 6.45) is 8.21. The minimum atomic E-state index is -3.27. The third-order valence-corrected chi connectivity index (χ3v) is 8.25. The minimum absolute atomic E-state index is 0.559. The number of piperazine rings is 1. The fraction of sp³-hybridized carbons (Fsp3) is 0.789. The zero-order valence-corrected chi connectivity index (χ0v) is 17.6. The van der Waals surface area contributed by atoms with E-state index < -0.39 is 10.2 Å². The highest BCUT2D eigenvalue weighted by atomic mass is 32.2. The molecular weight excluding hydrogens is 376 g/mol. The van der Waals surface area contributed by atoms with Crippen molar-refractivity contribution in [3.8, 4) is 0 Å². The van der Waals surface area contributed by atoms with E-state index in [4.69, 9.17) is 0 Å². The van der Waals surface area contributed by atoms with E-state index in [1.54, 1.807) is 8.61 Å². The van der Waals surface area contributed by atoms with Gasteiger partial charge < -0.3 is 4.90 Å². The Hall–Kier alpha value is -1.29. The van der Waals surface area contributed by atoms with Crippen molar-refractivity contribution in [2.75, 3.05) is 57.3 Å². The molecule has 0 N–H and O–H groups in total. The largest absolute Gasteiger partial charge is 0.341 e. The first kappa shape index (κ1) is 20.0. The number of nitrogens with zero attached hydrogens (tertiary/aromatic N) is 6. The maximum atomic E-state index is 12.7. The molecule has 9 heteroatoms. The van der Waals surface area contributed by atoms with Gasteiger partial charge in [0.1, 0.15) is 0 Å². The van der Waals surface area contributed by atoms with Gasteiger partial charge in [0.2, 0.25) is 5.95 Å². The number of hydrogen-bond donors (Lipinski definition) is 0. The SMILES string of the molecule is CC1CCN(c2ncc(CN3CCN(S(=O)(=O)N4CCCC4)CC3)cn2)CC1. The number of rotatable bonds is 5. The van der Waals surface area contributed by atoms with Crippen molar-refractivity contribution >= 4 is 16.2 Å². The Morgan fingerprint density at radius 3 is 2.07 bits per heavy atom. The molecule has 0 saturated carbocycles. The second-order valence-corrected chi connectivity index (χ2v) is 10.3. The van der Waals surface area contributed by atoms with Crippen molar-refractivity contribution in [1.82, 2.24) is 23.5 Å². The van der Waals surface area contributed by atoms with Gasteiger partial charge in [-0.15, -0.1) is 0 Å². The van der Waals surface area contributed by atoms with Gasteiger partial charge in [-0.1, -0.05) is 6.92 Å². The molecule has 0 unspecified atom stereocenters. The summed E-state index contributed by atoms with van der Waals surface area (Å²) in [5.74, 6) is 1.63. The number of hydrogen-bond acceptors (Lipinski definition) is 6. The molecule has 3 aliphatic heterocycles. The fourth-order valence-electron chi connectivity index (χ4n) is 4.26. The van der Waals surface area contributed by atoms with Crippen LogP contribution in [0.2, 0.25) is 0 Å². The van der Waals surface area contributed by atoms with Gasteiger partial charge in [0.05, 0.1) is 0 Å². The summed E-state index contributed by atoms with van der Waals surface area (Å²) in [5, 5.41) is 0. The zero-order valence-electron chi connectivity index (χ0n) is 16.8. The molecule has 0 amide bonds. The molecule has 0 atom stereocenters. The zero-order chi connectivity index (χ0) is 19.6. The average Bonchev–Trinajstić information content (AvgIpc) is 3.26. The standard InChI is InChI=1S/C19H32N6O2S/c1-17-4-8-23(9-5-17)19-20-14-18(15-21-19)16-22-10-12-25(13-11-22)28(26,27)24-6-2-3-7-24/h14-15,17H,2-13,16H2,1H3. The van der Waals surface area contributed by atoms with Crippen molar-refractivity contribution in [3.05, 3.63) is 18.0 Å². The molecule has 0 aromatic carbocycles. The summed E-state index contributed by atoms with van der Waals surface area (Å²) in [6.45, 7) is 9.10. The molecular formula is C19H32N6O2S. The van der Waals surface area contributed by atoms with Gasteiger partial charge in [-0.2, -0.15) is 17.0 Å². The van der Waals surface area contributed by atoms with E-state index in [-0.39, 0.29) is 0 Å². The van der Waals surface area contributed by atoms with E-state index >= 15 is 0 Å². The van der Waals surface area contributed by atoms with E-state index in [2.05, 4.69) is 26.7 Å². The van der Waals surface area contributed by atoms with Crippen LogP contribution in [0.3, 0.4) is 0 Å². The highest BCUT2D eigenvalue weighted by Crippen LogP contribution is 2.21. The maximum Gasteiger partial charge on any atom is 0.282 e. The van der Waals surface area contributed by atoms with Crippen molar-refractivity contribution in [3.63, 3.8) is 0 Å². The molecule has 3 fully saturated rings. The monoisotopic (exact) mass is 408 g/mol. The van der Waals surface area contributed by atoms with Gasteiger partial charge in [0.25, 0.3) is 10.2 Å². The quantitative estimate of drug-likeness (QED) is 0.728. The summed E-state index contributed by atoms with van der Waals surface area (Å²) in [7, 11) is -3.27. The fourth-order valence-corrected chi connectivity index (χ4v) is 5.93. The first-order valence-corrected chi connectivity index (χ1v) is 12.0. The summed E-state index contributed by atoms with van der Waals surface area (Å²) in [5.41, 5.74) is 1.09. The molecule has 4 heterocycles. The van der Waals surface area contributed by atoms with Gasteiger partial charge >= 0.3 is 0 Å². The van der Waals surface area contributed by atoms with Crippen LogP contribution in [-0.2, 0) is 16.8 Å². The molecule has 1 aromatic rings. The lowest BCUT2D eigenvalue weighted by Crippen LogP contribution is -2.52. The third-order valence-electron chi connectivity index (χ3n) is 6.21. The van der Waals surface area contributed by atoms with E-state index in [1.165, 1.54) is 12.8 Å². The van der Waals surface area contributed by atoms with E-state index in [1.807, 2.05) is 12.4 Å². The van der Waals surface area contributed by atoms with Crippen molar-refractivity contribution < 1.29 is 8.42 Å². The Morgan fingerprint density at radius 1 is 0.893 bits per heavy atom. The lowest BCUT2D eigenvalue weighted by molar-refractivity contribution is 0.176. The van der Waals surface area contributed by atoms with E-state index in [9.17, 15) is 8.42 Å². The van der Waals surface area contributed by atoms with E-state index in [0.717, 1.165) is 63.0 Å². The van der Waals surface area contributed by atoms with Gasteiger partial charge in [0, 0.05) is 76.9 Å². The van der Waals surface area contributed by atoms with Crippen LogP contribution in [0.15, 0.2) is 12.4 Å². The maximum absolute atomic E-state index is 12.7. The van der Waals surface area contributed by atoms with Crippen LogP contribution < -0.4 is 4.90 Å². The predicted molar refractivity (Wildman–Crippen MR) is 109 cm³/mol. The molecule has 0 spiro atoms. The molecule has 3 saturated heterocycles. The molecule has 0 aliphatic carbocycles. The third kappa shape index (κ3) is 4.48. The molecule has 4 rings (SSSR count). The highest BCUT2D eigenvalue weighted by Gasteiger charge is 2.33. The Balaban J connectivity index is 1.28. The minimum Gasteiger partial charge on any atom is -0.341 e. The summed E-state index contributed by atoms with van der Waals surface area (Å²) >= 11 is 0. The Labute approximate surface area is 168 Å². The topological polar surface area (TPSA) is 72.9 Å². The number of piperidine rings is 1. The Kier molecular flexibility index (Phi) is 6.15. The first-order chi connectivity index (χ1) is 13.5. The summed E-state index contributed by atoms with van der Waals surface area (Å²) in [6, 6.07) is 0. The van der Waals surface area contributed by atoms with Gasteiger partial charge in [0.15, 0.2) is 0 Å². The van der Waals surface area contributed by atoms with Crippen molar-refractivity contribution in [1.29, 1.82) is 0 Å². The summed E-state index contributed by atoms with van der Waals surface area (Å²) in [4.78, 5) is 13.7. The van der Waals surface area contributed by atoms with Crippen LogP contribution in [0.25, 0.3) is 0 Å². The van der Waals surface area contributed by atoms with Crippen LogP contribution in [0.4, 0.5) is 5.95 Å². The van der Waals surface area contributed by atoms with Gasteiger partial charge in [-0.3, -0.25) is 4.90 Å². The van der Waals surface area contributed by atoms with Crippen LogP contribution in [0.5, 0.6) is 0 Å². The Bertz CT molecular complexity index is 734. The van der Waals surface area contributed by atoms with Gasteiger partial charge in [-0.25, -0.2) is 9.97 Å². The first-order valence-electron chi connectivity index (χ1n) is 10.6. The second-order valence-electron chi connectivity index (χ2n) is 8.35. The molecule has 28 heavy (non-hydrogen) atoms. The Morgan fingerprint density at radius 2 is 1.46 bits per heavy atom.